The number of nitrogens with zero attached hydrogens (tertiary/aromatic N) is 1. The lowest BCUT2D eigenvalue weighted by atomic mass is 10.3. The van der Waals surface area contributed by atoms with Gasteiger partial charge in [0.05, 0.1) is 13.0 Å². The lowest BCUT2D eigenvalue weighted by Crippen LogP contribution is -2.44. The zero-order valence-electron chi connectivity index (χ0n) is 12.8. The summed E-state index contributed by atoms with van der Waals surface area (Å²) in [6, 6.07) is 7.14. The number of benzene rings is 1. The van der Waals surface area contributed by atoms with E-state index < -0.39 is 0 Å². The van der Waals surface area contributed by atoms with Crippen LogP contribution in [0.3, 0.4) is 0 Å². The van der Waals surface area contributed by atoms with E-state index in [2.05, 4.69) is 15.5 Å². The molecule has 2 N–H and O–H groups in total. The lowest BCUT2D eigenvalue weighted by Gasteiger charge is -2.27. The summed E-state index contributed by atoms with van der Waals surface area (Å²) in [5.74, 6) is 0.769. The summed E-state index contributed by atoms with van der Waals surface area (Å²) in [5.41, 5.74) is 0. The van der Waals surface area contributed by atoms with Crippen molar-refractivity contribution in [1.82, 2.24) is 15.5 Å². The SMILES string of the molecule is O=C(CCOc1ccc(Cl)cc1)NCCCN1CCNCC1. The lowest BCUT2D eigenvalue weighted by molar-refractivity contribution is -0.121. The van der Waals surface area contributed by atoms with Crippen molar-refractivity contribution in [3.63, 3.8) is 0 Å². The van der Waals surface area contributed by atoms with Gasteiger partial charge in [-0.05, 0) is 37.2 Å². The van der Waals surface area contributed by atoms with Crippen LogP contribution in [0.15, 0.2) is 24.3 Å². The van der Waals surface area contributed by atoms with Crippen molar-refractivity contribution >= 4 is 17.5 Å². The van der Waals surface area contributed by atoms with Gasteiger partial charge in [-0.15, -0.1) is 0 Å². The molecule has 1 fully saturated rings. The van der Waals surface area contributed by atoms with Crippen LogP contribution in [0.1, 0.15) is 12.8 Å². The van der Waals surface area contributed by atoms with E-state index in [-0.39, 0.29) is 5.91 Å². The van der Waals surface area contributed by atoms with E-state index in [9.17, 15) is 4.79 Å². The van der Waals surface area contributed by atoms with Crippen LogP contribution in [0, 0.1) is 0 Å². The molecule has 1 aliphatic rings. The largest absolute Gasteiger partial charge is 0.493 e. The Morgan fingerprint density at radius 2 is 2.00 bits per heavy atom. The Kier molecular flexibility index (Phi) is 7.49. The maximum atomic E-state index is 11.7. The van der Waals surface area contributed by atoms with Gasteiger partial charge in [0.15, 0.2) is 0 Å². The molecular weight excluding hydrogens is 302 g/mol. The molecule has 2 rings (SSSR count). The molecule has 6 heteroatoms. The fourth-order valence-electron chi connectivity index (χ4n) is 2.35. The highest BCUT2D eigenvalue weighted by molar-refractivity contribution is 6.30. The van der Waals surface area contributed by atoms with E-state index in [1.54, 1.807) is 24.3 Å². The van der Waals surface area contributed by atoms with Gasteiger partial charge in [0.2, 0.25) is 5.91 Å². The van der Waals surface area contributed by atoms with Crippen molar-refractivity contribution in [2.45, 2.75) is 12.8 Å². The highest BCUT2D eigenvalue weighted by Gasteiger charge is 2.08. The van der Waals surface area contributed by atoms with E-state index in [1.807, 2.05) is 0 Å². The number of amides is 1. The topological polar surface area (TPSA) is 53.6 Å². The van der Waals surface area contributed by atoms with E-state index in [0.29, 0.717) is 18.1 Å². The maximum Gasteiger partial charge on any atom is 0.223 e. The predicted octanol–water partition coefficient (Wildman–Crippen LogP) is 1.52. The number of rotatable bonds is 8. The van der Waals surface area contributed by atoms with Crippen LogP contribution in [0.5, 0.6) is 5.75 Å². The van der Waals surface area contributed by atoms with Crippen molar-refractivity contribution in [2.24, 2.45) is 0 Å². The molecule has 0 saturated carbocycles. The summed E-state index contributed by atoms with van der Waals surface area (Å²) in [6.07, 6.45) is 1.36. The summed E-state index contributed by atoms with van der Waals surface area (Å²) in [6.45, 7) is 6.48. The molecule has 0 spiro atoms. The van der Waals surface area contributed by atoms with Crippen LogP contribution in [0.2, 0.25) is 5.02 Å². The van der Waals surface area contributed by atoms with E-state index in [0.717, 1.165) is 51.4 Å². The maximum absolute atomic E-state index is 11.7. The van der Waals surface area contributed by atoms with Crippen LogP contribution in [0.4, 0.5) is 0 Å². The first-order valence-corrected chi connectivity index (χ1v) is 8.20. The zero-order valence-corrected chi connectivity index (χ0v) is 13.6. The number of nitrogens with one attached hydrogen (secondary N) is 2. The highest BCUT2D eigenvalue weighted by Crippen LogP contribution is 2.15. The Morgan fingerprint density at radius 1 is 1.27 bits per heavy atom. The van der Waals surface area contributed by atoms with Gasteiger partial charge in [0.25, 0.3) is 0 Å². The first-order chi connectivity index (χ1) is 10.7. The number of hydrogen-bond donors (Lipinski definition) is 2. The van der Waals surface area contributed by atoms with Gasteiger partial charge in [-0.2, -0.15) is 0 Å². The normalized spacial score (nSPS) is 15.5. The van der Waals surface area contributed by atoms with Crippen LogP contribution >= 0.6 is 11.6 Å². The Hall–Kier alpha value is -1.30. The average molecular weight is 326 g/mol. The fourth-order valence-corrected chi connectivity index (χ4v) is 2.47. The molecule has 1 amide bonds. The third-order valence-corrected chi connectivity index (χ3v) is 3.85. The van der Waals surface area contributed by atoms with Crippen LogP contribution in [-0.4, -0.2) is 56.7 Å². The zero-order chi connectivity index (χ0) is 15.6. The number of ether oxygens (including phenoxy) is 1. The second-order valence-electron chi connectivity index (χ2n) is 5.35. The Bertz CT molecular complexity index is 447. The number of carbonyl (C=O) groups is 1. The van der Waals surface area contributed by atoms with Crippen molar-refractivity contribution in [3.05, 3.63) is 29.3 Å². The van der Waals surface area contributed by atoms with Crippen LogP contribution in [0.25, 0.3) is 0 Å². The first-order valence-electron chi connectivity index (χ1n) is 7.82. The van der Waals surface area contributed by atoms with Crippen LogP contribution < -0.4 is 15.4 Å². The van der Waals surface area contributed by atoms with Gasteiger partial charge in [0, 0.05) is 37.7 Å². The van der Waals surface area contributed by atoms with E-state index in [4.69, 9.17) is 16.3 Å². The number of piperazine rings is 1. The second-order valence-corrected chi connectivity index (χ2v) is 5.78. The van der Waals surface area contributed by atoms with Crippen molar-refractivity contribution in [3.8, 4) is 5.75 Å². The summed E-state index contributed by atoms with van der Waals surface area (Å²) < 4.78 is 5.50. The minimum Gasteiger partial charge on any atom is -0.493 e. The number of hydrogen-bond acceptors (Lipinski definition) is 4. The quantitative estimate of drug-likeness (QED) is 0.712. The average Bonchev–Trinajstić information content (AvgIpc) is 2.54. The Morgan fingerprint density at radius 3 is 2.73 bits per heavy atom. The molecule has 0 aliphatic carbocycles. The third-order valence-electron chi connectivity index (χ3n) is 3.59. The molecular formula is C16H24ClN3O2. The van der Waals surface area contributed by atoms with Gasteiger partial charge in [-0.3, -0.25) is 4.79 Å². The van der Waals surface area contributed by atoms with Gasteiger partial charge in [-0.25, -0.2) is 0 Å². The summed E-state index contributed by atoms with van der Waals surface area (Å²) >= 11 is 5.80. The molecule has 1 aromatic carbocycles. The summed E-state index contributed by atoms with van der Waals surface area (Å²) in [7, 11) is 0. The minimum absolute atomic E-state index is 0.0364. The molecule has 0 aromatic heterocycles. The van der Waals surface area contributed by atoms with Crippen molar-refractivity contribution < 1.29 is 9.53 Å². The second kappa shape index (κ2) is 9.66. The monoisotopic (exact) mass is 325 g/mol. The molecule has 1 aromatic rings. The highest BCUT2D eigenvalue weighted by atomic mass is 35.5. The van der Waals surface area contributed by atoms with Crippen molar-refractivity contribution in [1.29, 1.82) is 0 Å². The predicted molar refractivity (Wildman–Crippen MR) is 88.5 cm³/mol. The molecule has 0 radical (unpaired) electrons. The summed E-state index contributed by atoms with van der Waals surface area (Å²) in [5, 5.41) is 6.94. The smallest absolute Gasteiger partial charge is 0.223 e. The Labute approximate surface area is 137 Å². The van der Waals surface area contributed by atoms with E-state index in [1.165, 1.54) is 0 Å². The van der Waals surface area contributed by atoms with Crippen LogP contribution in [-0.2, 0) is 4.79 Å². The Balaban J connectivity index is 1.49. The summed E-state index contributed by atoms with van der Waals surface area (Å²) in [4.78, 5) is 14.1. The molecule has 22 heavy (non-hydrogen) atoms. The van der Waals surface area contributed by atoms with Gasteiger partial charge >= 0.3 is 0 Å². The molecule has 0 atom stereocenters. The number of carbonyl (C=O) groups excluding carboxylic acids is 1. The third kappa shape index (κ3) is 6.64. The first kappa shape index (κ1) is 17.1. The number of halogens is 1. The molecule has 122 valence electrons. The molecule has 5 nitrogen and oxygen atoms in total. The molecule has 0 bridgehead atoms. The van der Waals surface area contributed by atoms with Crippen molar-refractivity contribution in [2.75, 3.05) is 45.9 Å². The standard InChI is InChI=1S/C16H24ClN3O2/c17-14-2-4-15(5-3-14)22-13-6-16(21)19-7-1-10-20-11-8-18-9-12-20/h2-5,18H,1,6-13H2,(H,19,21). The van der Waals surface area contributed by atoms with Gasteiger partial charge in [-0.1, -0.05) is 11.6 Å². The molecule has 1 aliphatic heterocycles. The molecule has 0 unspecified atom stereocenters. The van der Waals surface area contributed by atoms with Gasteiger partial charge < -0.3 is 20.3 Å². The van der Waals surface area contributed by atoms with E-state index >= 15 is 0 Å². The van der Waals surface area contributed by atoms with Gasteiger partial charge in [0.1, 0.15) is 5.75 Å². The molecule has 1 saturated heterocycles. The molecule has 1 heterocycles. The fraction of sp³-hybridized carbons (Fsp3) is 0.562. The minimum atomic E-state index is 0.0364.